The molecule has 6 heteroatoms. The molecular formula is C64H119NO5. The van der Waals surface area contributed by atoms with E-state index in [4.69, 9.17) is 4.74 Å². The van der Waals surface area contributed by atoms with Crippen LogP contribution < -0.4 is 5.32 Å². The first-order valence-corrected chi connectivity index (χ1v) is 30.9. The van der Waals surface area contributed by atoms with Gasteiger partial charge < -0.3 is 20.3 Å². The zero-order valence-electron chi connectivity index (χ0n) is 46.9. The second kappa shape index (κ2) is 57.7. The maximum atomic E-state index is 13.3. The van der Waals surface area contributed by atoms with Gasteiger partial charge in [0.15, 0.2) is 0 Å². The molecule has 0 saturated carbocycles. The molecule has 0 aromatic carbocycles. The van der Waals surface area contributed by atoms with Crippen LogP contribution in [0.15, 0.2) is 48.6 Å². The summed E-state index contributed by atoms with van der Waals surface area (Å²) in [6.45, 7) is 6.48. The number of aliphatic hydroxyl groups is 2. The summed E-state index contributed by atoms with van der Waals surface area (Å²) in [6.07, 6.45) is 71.9. The summed E-state index contributed by atoms with van der Waals surface area (Å²) in [4.78, 5) is 26.3. The van der Waals surface area contributed by atoms with E-state index in [2.05, 4.69) is 74.7 Å². The Morgan fingerprint density at radius 3 is 1.13 bits per heavy atom. The highest BCUT2D eigenvalue weighted by Crippen LogP contribution is 2.18. The van der Waals surface area contributed by atoms with Crippen LogP contribution in [0.1, 0.15) is 323 Å². The van der Waals surface area contributed by atoms with Crippen molar-refractivity contribution in [3.8, 4) is 0 Å². The van der Waals surface area contributed by atoms with Gasteiger partial charge in [-0.1, -0.05) is 294 Å². The van der Waals surface area contributed by atoms with Gasteiger partial charge in [-0.2, -0.15) is 0 Å². The molecule has 1 amide bonds. The number of allylic oxidation sites excluding steroid dienone is 8. The molecule has 0 radical (unpaired) electrons. The van der Waals surface area contributed by atoms with Gasteiger partial charge in [-0.05, 0) is 64.2 Å². The molecule has 70 heavy (non-hydrogen) atoms. The maximum absolute atomic E-state index is 13.3. The Balaban J connectivity index is 4.59. The summed E-state index contributed by atoms with van der Waals surface area (Å²) in [6, 6.07) is -0.719. The highest BCUT2D eigenvalue weighted by molar-refractivity contribution is 5.77. The predicted molar refractivity (Wildman–Crippen MR) is 305 cm³/mol. The predicted octanol–water partition coefficient (Wildman–Crippen LogP) is 19.4. The number of ether oxygens (including phenoxy) is 1. The number of esters is 1. The summed E-state index contributed by atoms with van der Waals surface area (Å²) in [5.41, 5.74) is 0. The summed E-state index contributed by atoms with van der Waals surface area (Å²) in [5, 5.41) is 23.9. The first kappa shape index (κ1) is 67.8. The van der Waals surface area contributed by atoms with E-state index in [-0.39, 0.29) is 24.9 Å². The highest BCUT2D eigenvalue weighted by atomic mass is 16.5. The van der Waals surface area contributed by atoms with Crippen molar-refractivity contribution in [2.24, 2.45) is 0 Å². The van der Waals surface area contributed by atoms with Crippen molar-refractivity contribution >= 4 is 11.9 Å². The Labute approximate surface area is 436 Å². The molecule has 6 nitrogen and oxygen atoms in total. The lowest BCUT2D eigenvalue weighted by Crippen LogP contribution is -2.46. The van der Waals surface area contributed by atoms with Crippen LogP contribution >= 0.6 is 0 Å². The minimum Gasteiger partial charge on any atom is -0.462 e. The minimum atomic E-state index is -0.802. The fourth-order valence-corrected chi connectivity index (χ4v) is 9.48. The van der Waals surface area contributed by atoms with Crippen molar-refractivity contribution in [3.05, 3.63) is 48.6 Å². The number of aliphatic hydroxyl groups excluding tert-OH is 2. The average Bonchev–Trinajstić information content (AvgIpc) is 3.35. The van der Waals surface area contributed by atoms with Gasteiger partial charge in [0.25, 0.3) is 0 Å². The Hall–Kier alpha value is -2.18. The summed E-state index contributed by atoms with van der Waals surface area (Å²) in [7, 11) is 0. The van der Waals surface area contributed by atoms with Crippen molar-refractivity contribution < 1.29 is 24.5 Å². The number of rotatable bonds is 56. The summed E-state index contributed by atoms with van der Waals surface area (Å²) >= 11 is 0. The lowest BCUT2D eigenvalue weighted by molar-refractivity contribution is -0.151. The highest BCUT2D eigenvalue weighted by Gasteiger charge is 2.24. The lowest BCUT2D eigenvalue weighted by atomic mass is 10.0. The number of carbonyl (C=O) groups is 2. The molecule has 3 unspecified atom stereocenters. The molecule has 3 N–H and O–H groups in total. The van der Waals surface area contributed by atoms with Crippen molar-refractivity contribution in [1.82, 2.24) is 5.32 Å². The third-order valence-electron chi connectivity index (χ3n) is 14.2. The van der Waals surface area contributed by atoms with E-state index in [0.717, 1.165) is 70.6 Å². The van der Waals surface area contributed by atoms with Gasteiger partial charge >= 0.3 is 5.97 Å². The van der Waals surface area contributed by atoms with Crippen molar-refractivity contribution in [2.45, 2.75) is 341 Å². The molecule has 0 saturated heterocycles. The SMILES string of the molecule is CCCCC/C=C\C/C=C\C/C=C\C/C=C\CCCC(CC(=O)NC(CO)C(O)CCCCCCCCCCCCCCCCC)OC(=O)CCCCCCCCCCCCCCCCCCCCC. The van der Waals surface area contributed by atoms with Gasteiger partial charge in [0.2, 0.25) is 5.91 Å². The monoisotopic (exact) mass is 982 g/mol. The molecule has 3 atom stereocenters. The molecule has 0 aliphatic rings. The van der Waals surface area contributed by atoms with Crippen LogP contribution in [0, 0.1) is 0 Å². The zero-order chi connectivity index (χ0) is 50.9. The Bertz CT molecular complexity index is 1190. The number of hydrogen-bond acceptors (Lipinski definition) is 5. The second-order valence-corrected chi connectivity index (χ2v) is 21.1. The fourth-order valence-electron chi connectivity index (χ4n) is 9.48. The average molecular weight is 983 g/mol. The fraction of sp³-hybridized carbons (Fsp3) is 0.844. The van der Waals surface area contributed by atoms with Crippen LogP contribution in [-0.2, 0) is 14.3 Å². The van der Waals surface area contributed by atoms with E-state index in [1.165, 1.54) is 205 Å². The third kappa shape index (κ3) is 52.2. The number of carbonyl (C=O) groups excluding carboxylic acids is 2. The molecule has 0 heterocycles. The van der Waals surface area contributed by atoms with E-state index in [1.54, 1.807) is 0 Å². The van der Waals surface area contributed by atoms with Gasteiger partial charge in [-0.3, -0.25) is 9.59 Å². The number of amides is 1. The molecule has 410 valence electrons. The van der Waals surface area contributed by atoms with Gasteiger partial charge in [-0.15, -0.1) is 0 Å². The van der Waals surface area contributed by atoms with Crippen LogP contribution in [-0.4, -0.2) is 46.9 Å². The second-order valence-electron chi connectivity index (χ2n) is 21.1. The Morgan fingerprint density at radius 2 is 0.743 bits per heavy atom. The lowest BCUT2D eigenvalue weighted by Gasteiger charge is -2.24. The van der Waals surface area contributed by atoms with Gasteiger partial charge in [0.1, 0.15) is 6.10 Å². The molecule has 0 rings (SSSR count). The molecule has 0 spiro atoms. The van der Waals surface area contributed by atoms with Crippen molar-refractivity contribution in [2.75, 3.05) is 6.61 Å². The summed E-state index contributed by atoms with van der Waals surface area (Å²) < 4.78 is 5.95. The third-order valence-corrected chi connectivity index (χ3v) is 14.2. The summed E-state index contributed by atoms with van der Waals surface area (Å²) in [5.74, 6) is -0.511. The maximum Gasteiger partial charge on any atom is 0.306 e. The van der Waals surface area contributed by atoms with E-state index in [0.29, 0.717) is 19.3 Å². The smallest absolute Gasteiger partial charge is 0.306 e. The van der Waals surface area contributed by atoms with E-state index < -0.39 is 18.2 Å². The molecule has 0 aromatic heterocycles. The molecule has 0 bridgehead atoms. The van der Waals surface area contributed by atoms with Crippen molar-refractivity contribution in [1.29, 1.82) is 0 Å². The Kier molecular flexibility index (Phi) is 55.9. The quantitative estimate of drug-likeness (QED) is 0.0321. The normalized spacial score (nSPS) is 13.4. The largest absolute Gasteiger partial charge is 0.462 e. The van der Waals surface area contributed by atoms with Gasteiger partial charge in [0.05, 0.1) is 25.2 Å². The first-order chi connectivity index (χ1) is 34.5. The molecule has 0 aromatic rings. The molecular weight excluding hydrogens is 863 g/mol. The van der Waals surface area contributed by atoms with E-state index >= 15 is 0 Å². The van der Waals surface area contributed by atoms with Crippen LogP contribution in [0.2, 0.25) is 0 Å². The number of hydrogen-bond donors (Lipinski definition) is 3. The van der Waals surface area contributed by atoms with Gasteiger partial charge in [0, 0.05) is 6.42 Å². The molecule has 0 aliphatic carbocycles. The van der Waals surface area contributed by atoms with Crippen LogP contribution in [0.5, 0.6) is 0 Å². The van der Waals surface area contributed by atoms with Crippen LogP contribution in [0.25, 0.3) is 0 Å². The van der Waals surface area contributed by atoms with Gasteiger partial charge in [-0.25, -0.2) is 0 Å². The number of nitrogens with one attached hydrogen (secondary N) is 1. The zero-order valence-corrected chi connectivity index (χ0v) is 46.9. The van der Waals surface area contributed by atoms with E-state index in [9.17, 15) is 19.8 Å². The Morgan fingerprint density at radius 1 is 0.414 bits per heavy atom. The first-order valence-electron chi connectivity index (χ1n) is 30.9. The molecule has 0 aliphatic heterocycles. The number of unbranched alkanes of at least 4 members (excludes halogenated alkanes) is 36. The van der Waals surface area contributed by atoms with Crippen LogP contribution in [0.4, 0.5) is 0 Å². The van der Waals surface area contributed by atoms with E-state index in [1.807, 2.05) is 0 Å². The standard InChI is InChI=1S/C64H119NO5/c1-4-7-10-13-16-19-22-25-28-30-31-33-36-39-42-45-48-51-54-57-64(69)70-60(55-52-49-46-43-40-37-35-32-29-26-23-20-17-14-11-8-5-2)58-63(68)65-61(59-66)62(67)56-53-50-47-44-41-38-34-27-24-21-18-15-12-9-6-3/h17,20,26,29,35,37,43,46,60-62,66-67H,4-16,18-19,21-25,27-28,30-34,36,38-42,44-45,47-59H2,1-3H3,(H,65,68)/b20-17-,29-26-,37-35-,46-43-. The van der Waals surface area contributed by atoms with Crippen molar-refractivity contribution in [3.63, 3.8) is 0 Å². The van der Waals surface area contributed by atoms with Crippen LogP contribution in [0.3, 0.4) is 0 Å². The molecule has 0 fully saturated rings. The minimum absolute atomic E-state index is 0.0434. The topological polar surface area (TPSA) is 95.9 Å².